The highest BCUT2D eigenvalue weighted by Gasteiger charge is 2.12. The zero-order valence-electron chi connectivity index (χ0n) is 13.2. The molecule has 1 atom stereocenters. The zero-order chi connectivity index (χ0) is 15.0. The molecule has 0 radical (unpaired) electrons. The molecule has 1 unspecified atom stereocenters. The van der Waals surface area contributed by atoms with E-state index in [2.05, 4.69) is 25.2 Å². The Balaban J connectivity index is 2.61. The Labute approximate surface area is 122 Å². The number of ether oxygens (including phenoxy) is 1. The molecule has 4 nitrogen and oxygen atoms in total. The highest BCUT2D eigenvalue weighted by Crippen LogP contribution is 2.19. The molecule has 0 aliphatic carbocycles. The minimum Gasteiger partial charge on any atom is -0.462 e. The third-order valence-corrected chi connectivity index (χ3v) is 3.07. The fourth-order valence-corrected chi connectivity index (χ4v) is 2.21. The lowest BCUT2D eigenvalue weighted by Crippen LogP contribution is -2.21. The Morgan fingerprint density at radius 2 is 2.10 bits per heavy atom. The van der Waals surface area contributed by atoms with Gasteiger partial charge >= 0.3 is 5.97 Å². The van der Waals surface area contributed by atoms with E-state index in [-0.39, 0.29) is 18.6 Å². The summed E-state index contributed by atoms with van der Waals surface area (Å²) in [6.07, 6.45) is 7.32. The average Bonchev–Trinajstić information content (AvgIpc) is 2.81. The highest BCUT2D eigenvalue weighted by molar-refractivity contribution is 5.69. The number of hydrogen-bond acceptors (Lipinski definition) is 3. The Morgan fingerprint density at radius 1 is 1.35 bits per heavy atom. The molecular weight excluding hydrogens is 252 g/mol. The summed E-state index contributed by atoms with van der Waals surface area (Å²) in [6.45, 7) is 9.40. The number of nitrogens with one attached hydrogen (secondary N) is 1. The molecule has 0 saturated carbocycles. The lowest BCUT2D eigenvalue weighted by atomic mass is 10.1. The number of hydrogen-bond donors (Lipinski definition) is 1. The zero-order valence-corrected chi connectivity index (χ0v) is 13.2. The van der Waals surface area contributed by atoms with Crippen LogP contribution in [0.1, 0.15) is 58.6 Å². The van der Waals surface area contributed by atoms with Gasteiger partial charge < -0.3 is 14.6 Å². The van der Waals surface area contributed by atoms with Gasteiger partial charge in [-0.05, 0) is 44.9 Å². The Kier molecular flexibility index (Phi) is 7.37. The van der Waals surface area contributed by atoms with Crippen LogP contribution in [0.2, 0.25) is 0 Å². The molecule has 1 N–H and O–H groups in total. The molecule has 1 aromatic rings. The smallest absolute Gasteiger partial charge is 0.326 e. The van der Waals surface area contributed by atoms with E-state index in [0.717, 1.165) is 25.8 Å². The Bertz CT molecular complexity index is 399. The molecule has 0 aliphatic heterocycles. The van der Waals surface area contributed by atoms with Gasteiger partial charge in [0.05, 0.1) is 6.10 Å². The summed E-state index contributed by atoms with van der Waals surface area (Å²) in [5.41, 5.74) is 1.25. The van der Waals surface area contributed by atoms with E-state index >= 15 is 0 Å². The average molecular weight is 280 g/mol. The van der Waals surface area contributed by atoms with Crippen LogP contribution < -0.4 is 5.32 Å². The van der Waals surface area contributed by atoms with Gasteiger partial charge in [-0.25, -0.2) is 0 Å². The first-order chi connectivity index (χ1) is 9.56. The van der Waals surface area contributed by atoms with Crippen LogP contribution in [0.5, 0.6) is 0 Å². The first kappa shape index (κ1) is 16.8. The van der Waals surface area contributed by atoms with Gasteiger partial charge in [-0.15, -0.1) is 0 Å². The van der Waals surface area contributed by atoms with Crippen LogP contribution in [0, 0.1) is 0 Å². The number of carbonyl (C=O) groups excluding carboxylic acids is 1. The molecule has 0 amide bonds. The van der Waals surface area contributed by atoms with Crippen molar-refractivity contribution >= 4 is 5.97 Å². The van der Waals surface area contributed by atoms with Gasteiger partial charge in [0.15, 0.2) is 0 Å². The van der Waals surface area contributed by atoms with Crippen LogP contribution in [0.3, 0.4) is 0 Å². The van der Waals surface area contributed by atoms with E-state index < -0.39 is 0 Å². The monoisotopic (exact) mass is 280 g/mol. The fraction of sp³-hybridized carbons (Fsp3) is 0.688. The quantitative estimate of drug-likeness (QED) is 0.706. The third kappa shape index (κ3) is 5.78. The number of nitrogens with zero attached hydrogens (tertiary/aromatic N) is 1. The second kappa shape index (κ2) is 8.80. The Morgan fingerprint density at radius 3 is 2.70 bits per heavy atom. The second-order valence-electron chi connectivity index (χ2n) is 5.45. The van der Waals surface area contributed by atoms with Crippen molar-refractivity contribution in [2.45, 2.75) is 65.6 Å². The molecule has 1 rings (SSSR count). The molecule has 1 heterocycles. The van der Waals surface area contributed by atoms with Crippen LogP contribution in [-0.2, 0) is 16.1 Å². The maximum absolute atomic E-state index is 11.6. The van der Waals surface area contributed by atoms with Gasteiger partial charge in [-0.2, -0.15) is 0 Å². The molecule has 0 bridgehead atoms. The van der Waals surface area contributed by atoms with E-state index in [1.165, 1.54) is 5.56 Å². The van der Waals surface area contributed by atoms with Gasteiger partial charge in [-0.1, -0.05) is 20.3 Å². The first-order valence-corrected chi connectivity index (χ1v) is 7.65. The van der Waals surface area contributed by atoms with Crippen molar-refractivity contribution in [3.63, 3.8) is 0 Å². The fourth-order valence-electron chi connectivity index (χ4n) is 2.21. The van der Waals surface area contributed by atoms with E-state index in [0.29, 0.717) is 6.04 Å². The Hall–Kier alpha value is -1.29. The van der Waals surface area contributed by atoms with Crippen LogP contribution >= 0.6 is 0 Å². The van der Waals surface area contributed by atoms with Crippen molar-refractivity contribution in [3.05, 3.63) is 24.0 Å². The summed E-state index contributed by atoms with van der Waals surface area (Å²) in [6, 6.07) is 2.47. The first-order valence-electron chi connectivity index (χ1n) is 7.65. The number of aromatic nitrogens is 1. The summed E-state index contributed by atoms with van der Waals surface area (Å²) in [7, 11) is 0. The van der Waals surface area contributed by atoms with Crippen LogP contribution in [-0.4, -0.2) is 23.2 Å². The minimum absolute atomic E-state index is 0.0587. The maximum Gasteiger partial charge on any atom is 0.326 e. The molecule has 4 heteroatoms. The summed E-state index contributed by atoms with van der Waals surface area (Å²) >= 11 is 0. The standard InChI is InChI=1S/C16H28N2O2/c1-5-7-15(17-9-6-2)14-8-10-18(11-14)12-16(19)20-13(3)4/h8,10-11,13,15,17H,5-7,9,12H2,1-4H3. The van der Waals surface area contributed by atoms with Gasteiger partial charge in [-0.3, -0.25) is 4.79 Å². The lowest BCUT2D eigenvalue weighted by Gasteiger charge is -2.16. The molecule has 0 spiro atoms. The van der Waals surface area contributed by atoms with Gasteiger partial charge in [0.2, 0.25) is 0 Å². The summed E-state index contributed by atoms with van der Waals surface area (Å²) in [5.74, 6) is -0.185. The topological polar surface area (TPSA) is 43.3 Å². The molecule has 0 aromatic carbocycles. The van der Waals surface area contributed by atoms with E-state index in [1.807, 2.05) is 30.8 Å². The van der Waals surface area contributed by atoms with Crippen molar-refractivity contribution in [3.8, 4) is 0 Å². The summed E-state index contributed by atoms with van der Waals surface area (Å²) in [4.78, 5) is 11.6. The van der Waals surface area contributed by atoms with E-state index in [9.17, 15) is 4.79 Å². The van der Waals surface area contributed by atoms with Gasteiger partial charge in [0, 0.05) is 18.4 Å². The summed E-state index contributed by atoms with van der Waals surface area (Å²) in [5, 5.41) is 3.56. The van der Waals surface area contributed by atoms with Crippen molar-refractivity contribution in [1.82, 2.24) is 9.88 Å². The van der Waals surface area contributed by atoms with Crippen LogP contribution in [0.15, 0.2) is 18.5 Å². The SMILES string of the molecule is CCCNC(CCC)c1ccn(CC(=O)OC(C)C)c1. The summed E-state index contributed by atoms with van der Waals surface area (Å²) < 4.78 is 7.06. The third-order valence-electron chi connectivity index (χ3n) is 3.07. The molecule has 0 saturated heterocycles. The molecular formula is C16H28N2O2. The van der Waals surface area contributed by atoms with Gasteiger partial charge in [0.25, 0.3) is 0 Å². The molecule has 1 aromatic heterocycles. The van der Waals surface area contributed by atoms with E-state index in [4.69, 9.17) is 4.74 Å². The van der Waals surface area contributed by atoms with Crippen LogP contribution in [0.25, 0.3) is 0 Å². The number of esters is 1. The molecule has 114 valence electrons. The highest BCUT2D eigenvalue weighted by atomic mass is 16.5. The maximum atomic E-state index is 11.6. The largest absolute Gasteiger partial charge is 0.462 e. The predicted octanol–water partition coefficient (Wildman–Crippen LogP) is 3.28. The number of carbonyl (C=O) groups is 1. The van der Waals surface area contributed by atoms with Crippen molar-refractivity contribution in [1.29, 1.82) is 0 Å². The lowest BCUT2D eigenvalue weighted by molar-refractivity contribution is -0.148. The second-order valence-corrected chi connectivity index (χ2v) is 5.45. The normalized spacial score (nSPS) is 12.7. The van der Waals surface area contributed by atoms with E-state index in [1.54, 1.807) is 0 Å². The molecule has 0 fully saturated rings. The van der Waals surface area contributed by atoms with Crippen LogP contribution in [0.4, 0.5) is 0 Å². The molecule has 20 heavy (non-hydrogen) atoms. The minimum atomic E-state index is -0.185. The predicted molar refractivity (Wildman–Crippen MR) is 81.6 cm³/mol. The molecule has 0 aliphatic rings. The number of rotatable bonds is 9. The van der Waals surface area contributed by atoms with Crippen molar-refractivity contribution in [2.75, 3.05) is 6.54 Å². The van der Waals surface area contributed by atoms with Crippen molar-refractivity contribution < 1.29 is 9.53 Å². The van der Waals surface area contributed by atoms with Gasteiger partial charge in [0.1, 0.15) is 6.54 Å². The van der Waals surface area contributed by atoms with Crippen molar-refractivity contribution in [2.24, 2.45) is 0 Å².